The van der Waals surface area contributed by atoms with Gasteiger partial charge in [-0.1, -0.05) is 31.2 Å². The molecular formula is C14H17N3O3. The number of hydrogen-bond donors (Lipinski definition) is 0. The third-order valence-corrected chi connectivity index (χ3v) is 3.88. The molecule has 2 heterocycles. The van der Waals surface area contributed by atoms with Gasteiger partial charge in [-0.3, -0.25) is 14.5 Å². The van der Waals surface area contributed by atoms with Crippen LogP contribution in [0.5, 0.6) is 0 Å². The number of likely N-dealkylation sites (tertiary alicyclic amines) is 1. The number of fused-ring (bicyclic) bond motifs is 1. The molecule has 106 valence electrons. The Morgan fingerprint density at radius 1 is 1.25 bits per heavy atom. The number of imide groups is 1. The summed E-state index contributed by atoms with van der Waals surface area (Å²) in [5.41, 5.74) is 0. The molecule has 6 nitrogen and oxygen atoms in total. The van der Waals surface area contributed by atoms with Crippen LogP contribution < -0.4 is 0 Å². The maximum Gasteiger partial charge on any atom is 0.233 e. The smallest absolute Gasteiger partial charge is 0.233 e. The maximum atomic E-state index is 12.3. The molecule has 2 aliphatic rings. The van der Waals surface area contributed by atoms with Gasteiger partial charge in [0, 0.05) is 5.92 Å². The van der Waals surface area contributed by atoms with E-state index in [0.717, 1.165) is 0 Å². The van der Waals surface area contributed by atoms with Crippen LogP contribution in [0.15, 0.2) is 16.7 Å². The molecule has 0 spiro atoms. The van der Waals surface area contributed by atoms with E-state index in [2.05, 4.69) is 10.1 Å². The van der Waals surface area contributed by atoms with Crippen molar-refractivity contribution < 1.29 is 14.1 Å². The van der Waals surface area contributed by atoms with Crippen LogP contribution in [0.2, 0.25) is 0 Å². The Morgan fingerprint density at radius 2 is 1.85 bits per heavy atom. The minimum atomic E-state index is -0.205. The van der Waals surface area contributed by atoms with Crippen molar-refractivity contribution in [2.75, 3.05) is 0 Å². The summed E-state index contributed by atoms with van der Waals surface area (Å²) < 4.78 is 5.10. The molecule has 2 amide bonds. The molecule has 1 saturated heterocycles. The summed E-state index contributed by atoms with van der Waals surface area (Å²) in [5.74, 6) is 0.418. The van der Waals surface area contributed by atoms with Crippen LogP contribution in [0.1, 0.15) is 44.3 Å². The maximum absolute atomic E-state index is 12.3. The van der Waals surface area contributed by atoms with Crippen molar-refractivity contribution in [1.29, 1.82) is 0 Å². The Labute approximate surface area is 116 Å². The predicted molar refractivity (Wildman–Crippen MR) is 69.3 cm³/mol. The van der Waals surface area contributed by atoms with Crippen LogP contribution in [0.25, 0.3) is 0 Å². The van der Waals surface area contributed by atoms with E-state index in [4.69, 9.17) is 4.52 Å². The van der Waals surface area contributed by atoms with Gasteiger partial charge in [-0.25, -0.2) is 0 Å². The van der Waals surface area contributed by atoms with Gasteiger partial charge >= 0.3 is 0 Å². The van der Waals surface area contributed by atoms with E-state index in [1.54, 1.807) is 0 Å². The highest BCUT2D eigenvalue weighted by Crippen LogP contribution is 2.35. The van der Waals surface area contributed by atoms with E-state index in [0.29, 0.717) is 24.6 Å². The topological polar surface area (TPSA) is 76.3 Å². The molecule has 2 unspecified atom stereocenters. The first-order chi connectivity index (χ1) is 9.58. The van der Waals surface area contributed by atoms with Gasteiger partial charge in [0.2, 0.25) is 17.7 Å². The number of carbonyl (C=O) groups is 2. The second-order valence-corrected chi connectivity index (χ2v) is 5.62. The van der Waals surface area contributed by atoms with E-state index < -0.39 is 0 Å². The van der Waals surface area contributed by atoms with E-state index in [1.807, 2.05) is 26.0 Å². The van der Waals surface area contributed by atoms with Crippen LogP contribution in [0.3, 0.4) is 0 Å². The first-order valence-electron chi connectivity index (χ1n) is 6.90. The SMILES string of the molecule is CC(C)c1nc(CN2C(=O)C3CC=CCC3C2=O)no1. The molecule has 1 aromatic rings. The molecule has 1 aliphatic heterocycles. The molecule has 1 aromatic heterocycles. The lowest BCUT2D eigenvalue weighted by molar-refractivity contribution is -0.140. The zero-order valence-corrected chi connectivity index (χ0v) is 11.6. The molecule has 1 aliphatic carbocycles. The number of aromatic nitrogens is 2. The van der Waals surface area contributed by atoms with Gasteiger partial charge in [0.15, 0.2) is 5.82 Å². The lowest BCUT2D eigenvalue weighted by Gasteiger charge is -2.14. The average Bonchev–Trinajstić information content (AvgIpc) is 3.00. The molecule has 0 aromatic carbocycles. The number of nitrogens with zero attached hydrogens (tertiary/aromatic N) is 3. The Bertz CT molecular complexity index is 550. The molecule has 1 fully saturated rings. The lowest BCUT2D eigenvalue weighted by atomic mass is 9.85. The fourth-order valence-corrected chi connectivity index (χ4v) is 2.73. The summed E-state index contributed by atoms with van der Waals surface area (Å²) in [5, 5.41) is 3.84. The van der Waals surface area contributed by atoms with Gasteiger partial charge in [0.05, 0.1) is 18.4 Å². The average molecular weight is 275 g/mol. The highest BCUT2D eigenvalue weighted by molar-refractivity contribution is 6.05. The largest absolute Gasteiger partial charge is 0.339 e. The van der Waals surface area contributed by atoms with Crippen LogP contribution in [-0.4, -0.2) is 26.9 Å². The minimum Gasteiger partial charge on any atom is -0.339 e. The normalized spacial score (nSPS) is 25.6. The third kappa shape index (κ3) is 2.05. The molecule has 0 N–H and O–H groups in total. The zero-order valence-electron chi connectivity index (χ0n) is 11.6. The number of hydrogen-bond acceptors (Lipinski definition) is 5. The molecule has 6 heteroatoms. The molecule has 0 radical (unpaired) electrons. The van der Waals surface area contributed by atoms with Crippen LogP contribution in [0.4, 0.5) is 0 Å². The van der Waals surface area contributed by atoms with E-state index in [9.17, 15) is 9.59 Å². The second kappa shape index (κ2) is 4.85. The number of allylic oxidation sites excluding steroid dienone is 2. The Morgan fingerprint density at radius 3 is 2.35 bits per heavy atom. The molecule has 0 saturated carbocycles. The van der Waals surface area contributed by atoms with Gasteiger partial charge in [-0.05, 0) is 12.8 Å². The number of amides is 2. The van der Waals surface area contributed by atoms with Crippen LogP contribution in [-0.2, 0) is 16.1 Å². The van der Waals surface area contributed by atoms with Gasteiger partial charge in [0.1, 0.15) is 0 Å². The standard InChI is InChI=1S/C14H17N3O3/c1-8(2)12-15-11(16-20-12)7-17-13(18)9-5-3-4-6-10(9)14(17)19/h3-4,8-10H,5-7H2,1-2H3. The molecule has 2 atom stereocenters. The minimum absolute atomic E-state index is 0.111. The third-order valence-electron chi connectivity index (χ3n) is 3.88. The van der Waals surface area contributed by atoms with Crippen molar-refractivity contribution in [2.45, 2.75) is 39.2 Å². The molecule has 3 rings (SSSR count). The van der Waals surface area contributed by atoms with Crippen molar-refractivity contribution in [3.63, 3.8) is 0 Å². The quantitative estimate of drug-likeness (QED) is 0.619. The van der Waals surface area contributed by atoms with Gasteiger partial charge < -0.3 is 4.52 Å². The molecular weight excluding hydrogens is 258 g/mol. The second-order valence-electron chi connectivity index (χ2n) is 5.62. The number of rotatable bonds is 3. The van der Waals surface area contributed by atoms with Crippen molar-refractivity contribution >= 4 is 11.8 Å². The molecule has 0 bridgehead atoms. The van der Waals surface area contributed by atoms with Crippen molar-refractivity contribution in [2.24, 2.45) is 11.8 Å². The summed E-state index contributed by atoms with van der Waals surface area (Å²) in [7, 11) is 0. The fraction of sp³-hybridized carbons (Fsp3) is 0.571. The van der Waals surface area contributed by atoms with Crippen molar-refractivity contribution in [3.05, 3.63) is 23.9 Å². The van der Waals surface area contributed by atoms with E-state index in [-0.39, 0.29) is 36.1 Å². The predicted octanol–water partition coefficient (Wildman–Crippen LogP) is 1.64. The summed E-state index contributed by atoms with van der Waals surface area (Å²) in [4.78, 5) is 30.1. The van der Waals surface area contributed by atoms with Gasteiger partial charge in [0.25, 0.3) is 0 Å². The first-order valence-corrected chi connectivity index (χ1v) is 6.90. The van der Waals surface area contributed by atoms with E-state index >= 15 is 0 Å². The van der Waals surface area contributed by atoms with Crippen molar-refractivity contribution in [3.8, 4) is 0 Å². The Kier molecular flexibility index (Phi) is 3.16. The fourth-order valence-electron chi connectivity index (χ4n) is 2.73. The Balaban J connectivity index is 1.77. The molecule has 20 heavy (non-hydrogen) atoms. The summed E-state index contributed by atoms with van der Waals surface area (Å²) in [6.07, 6.45) is 5.24. The first kappa shape index (κ1) is 13.0. The highest BCUT2D eigenvalue weighted by atomic mass is 16.5. The summed E-state index contributed by atoms with van der Waals surface area (Å²) in [6.45, 7) is 4.01. The van der Waals surface area contributed by atoms with Crippen LogP contribution in [0, 0.1) is 11.8 Å². The summed E-state index contributed by atoms with van der Waals surface area (Å²) in [6, 6.07) is 0. The number of carbonyl (C=O) groups excluding carboxylic acids is 2. The Hall–Kier alpha value is -1.98. The van der Waals surface area contributed by atoms with Crippen LogP contribution >= 0.6 is 0 Å². The zero-order chi connectivity index (χ0) is 14.3. The summed E-state index contributed by atoms with van der Waals surface area (Å²) >= 11 is 0. The highest BCUT2D eigenvalue weighted by Gasteiger charge is 2.47. The van der Waals surface area contributed by atoms with Gasteiger partial charge in [-0.15, -0.1) is 0 Å². The monoisotopic (exact) mass is 275 g/mol. The lowest BCUT2D eigenvalue weighted by Crippen LogP contribution is -2.31. The van der Waals surface area contributed by atoms with E-state index in [1.165, 1.54) is 4.90 Å². The van der Waals surface area contributed by atoms with Gasteiger partial charge in [-0.2, -0.15) is 4.98 Å². The van der Waals surface area contributed by atoms with Crippen molar-refractivity contribution in [1.82, 2.24) is 15.0 Å².